The summed E-state index contributed by atoms with van der Waals surface area (Å²) in [6.07, 6.45) is 3.28. The summed E-state index contributed by atoms with van der Waals surface area (Å²) < 4.78 is 10.6. The molecule has 4 aromatic rings. The first-order valence-electron chi connectivity index (χ1n) is 7.57. The molecule has 1 N–H and O–H groups in total. The molecule has 0 saturated carbocycles. The van der Waals surface area contributed by atoms with Crippen LogP contribution in [0.1, 0.15) is 16.1 Å². The number of hydrogen-bond donors (Lipinski definition) is 1. The predicted octanol–water partition coefficient (Wildman–Crippen LogP) is 3.99. The van der Waals surface area contributed by atoms with Crippen molar-refractivity contribution in [1.82, 2.24) is 15.5 Å². The summed E-state index contributed by atoms with van der Waals surface area (Å²) in [4.78, 5) is 17.5. The van der Waals surface area contributed by atoms with Crippen molar-refractivity contribution in [3.05, 3.63) is 71.6 Å². The third-order valence-electron chi connectivity index (χ3n) is 3.56. The number of amides is 1. The summed E-state index contributed by atoms with van der Waals surface area (Å²) in [5, 5.41) is 8.61. The number of carbonyl (C=O) groups is 1. The summed E-state index contributed by atoms with van der Waals surface area (Å²) in [6.45, 7) is 0.357. The molecule has 124 valence electrons. The first-order chi connectivity index (χ1) is 12.3. The first kappa shape index (κ1) is 15.3. The molecule has 7 heteroatoms. The molecule has 6 nitrogen and oxygen atoms in total. The van der Waals surface area contributed by atoms with Crippen LogP contribution in [0.2, 0.25) is 0 Å². The van der Waals surface area contributed by atoms with Crippen LogP contribution in [0.5, 0.6) is 0 Å². The number of nitrogens with one attached hydrogen (secondary N) is 1. The zero-order valence-electron chi connectivity index (χ0n) is 13.0. The van der Waals surface area contributed by atoms with Gasteiger partial charge in [0.1, 0.15) is 5.69 Å². The molecule has 0 spiro atoms. The Kier molecular flexibility index (Phi) is 4.14. The maximum Gasteiger partial charge on any atom is 0.273 e. The van der Waals surface area contributed by atoms with Crippen LogP contribution in [0.25, 0.3) is 22.1 Å². The monoisotopic (exact) mass is 351 g/mol. The van der Waals surface area contributed by atoms with Crippen molar-refractivity contribution in [1.29, 1.82) is 0 Å². The predicted molar refractivity (Wildman–Crippen MR) is 92.9 cm³/mol. The van der Waals surface area contributed by atoms with E-state index in [1.165, 1.54) is 11.3 Å². The van der Waals surface area contributed by atoms with Crippen molar-refractivity contribution in [2.45, 2.75) is 6.54 Å². The van der Waals surface area contributed by atoms with E-state index in [0.717, 1.165) is 16.1 Å². The highest BCUT2D eigenvalue weighted by Gasteiger charge is 2.14. The minimum absolute atomic E-state index is 0.253. The third-order valence-corrected chi connectivity index (χ3v) is 4.44. The van der Waals surface area contributed by atoms with Crippen molar-refractivity contribution >= 4 is 17.2 Å². The average Bonchev–Trinajstić information content (AvgIpc) is 3.41. The molecule has 4 heterocycles. The van der Waals surface area contributed by atoms with Gasteiger partial charge in [0, 0.05) is 18.8 Å². The van der Waals surface area contributed by atoms with Crippen molar-refractivity contribution in [3.63, 3.8) is 0 Å². The quantitative estimate of drug-likeness (QED) is 0.588. The van der Waals surface area contributed by atoms with E-state index in [9.17, 15) is 4.79 Å². The van der Waals surface area contributed by atoms with E-state index in [1.807, 2.05) is 35.7 Å². The fourth-order valence-electron chi connectivity index (χ4n) is 2.33. The fraction of sp³-hybridized carbons (Fsp3) is 0.0556. The molecule has 1 amide bonds. The fourth-order valence-corrected chi connectivity index (χ4v) is 3.01. The normalized spacial score (nSPS) is 10.7. The van der Waals surface area contributed by atoms with Crippen LogP contribution in [0.4, 0.5) is 0 Å². The van der Waals surface area contributed by atoms with E-state index in [4.69, 9.17) is 8.94 Å². The molecular formula is C18H13N3O3S. The Balaban J connectivity index is 1.43. The van der Waals surface area contributed by atoms with Crippen molar-refractivity contribution in [2.24, 2.45) is 0 Å². The second-order valence-electron chi connectivity index (χ2n) is 5.26. The Morgan fingerprint density at radius 1 is 1.16 bits per heavy atom. The van der Waals surface area contributed by atoms with E-state index in [1.54, 1.807) is 24.6 Å². The topological polar surface area (TPSA) is 81.2 Å². The number of aromatic nitrogens is 2. The molecule has 0 bridgehead atoms. The van der Waals surface area contributed by atoms with Gasteiger partial charge < -0.3 is 14.3 Å². The number of pyridine rings is 1. The minimum Gasteiger partial charge on any atom is -0.463 e. The molecule has 0 unspecified atom stereocenters. The van der Waals surface area contributed by atoms with Crippen LogP contribution in [0.3, 0.4) is 0 Å². The van der Waals surface area contributed by atoms with Gasteiger partial charge in [-0.25, -0.2) is 0 Å². The molecule has 4 rings (SSSR count). The summed E-state index contributed by atoms with van der Waals surface area (Å²) in [5.74, 6) is 0.984. The van der Waals surface area contributed by atoms with E-state index >= 15 is 0 Å². The van der Waals surface area contributed by atoms with Gasteiger partial charge in [0.15, 0.2) is 17.2 Å². The largest absolute Gasteiger partial charge is 0.463 e. The Hall–Kier alpha value is -3.19. The lowest BCUT2D eigenvalue weighted by Crippen LogP contribution is -2.23. The van der Waals surface area contributed by atoms with Gasteiger partial charge in [0.25, 0.3) is 5.91 Å². The minimum atomic E-state index is -0.289. The lowest BCUT2D eigenvalue weighted by atomic mass is 10.2. The molecule has 0 atom stereocenters. The maximum atomic E-state index is 12.3. The lowest BCUT2D eigenvalue weighted by molar-refractivity contribution is 0.0942. The first-order valence-corrected chi connectivity index (χ1v) is 8.45. The highest BCUT2D eigenvalue weighted by Crippen LogP contribution is 2.25. The standard InChI is InChI=1S/C18H13N3O3S/c22-18(14-10-16(24-21-14)17-4-2-8-25-17)20-11-12-5-6-19-13(9-12)15-3-1-7-23-15/h1-10H,11H2,(H,20,22). The van der Waals surface area contributed by atoms with Gasteiger partial charge in [0.05, 0.1) is 11.1 Å². The number of hydrogen-bond acceptors (Lipinski definition) is 6. The van der Waals surface area contributed by atoms with Crippen LogP contribution in [-0.2, 0) is 6.54 Å². The Morgan fingerprint density at radius 2 is 2.12 bits per heavy atom. The molecule has 0 aliphatic carbocycles. The Labute approximate surface area is 147 Å². The van der Waals surface area contributed by atoms with Gasteiger partial charge in [-0.3, -0.25) is 9.78 Å². The summed E-state index contributed by atoms with van der Waals surface area (Å²) in [7, 11) is 0. The number of nitrogens with zero attached hydrogens (tertiary/aromatic N) is 2. The van der Waals surface area contributed by atoms with E-state index in [2.05, 4.69) is 15.5 Å². The van der Waals surface area contributed by atoms with Crippen molar-refractivity contribution in [3.8, 4) is 22.1 Å². The number of thiophene rings is 1. The molecule has 0 aliphatic rings. The smallest absolute Gasteiger partial charge is 0.273 e. The van der Waals surface area contributed by atoms with E-state index in [-0.39, 0.29) is 11.6 Å². The summed E-state index contributed by atoms with van der Waals surface area (Å²) in [5.41, 5.74) is 1.89. The Morgan fingerprint density at radius 3 is 2.92 bits per heavy atom. The van der Waals surface area contributed by atoms with Crippen LogP contribution >= 0.6 is 11.3 Å². The molecule has 0 aromatic carbocycles. The van der Waals surface area contributed by atoms with Crippen LogP contribution in [-0.4, -0.2) is 16.0 Å². The van der Waals surface area contributed by atoms with Gasteiger partial charge in [-0.15, -0.1) is 11.3 Å². The zero-order valence-corrected chi connectivity index (χ0v) is 13.8. The number of furan rings is 1. The summed E-state index contributed by atoms with van der Waals surface area (Å²) >= 11 is 1.53. The molecule has 4 aromatic heterocycles. The van der Waals surface area contributed by atoms with Gasteiger partial charge in [-0.2, -0.15) is 0 Å². The molecule has 25 heavy (non-hydrogen) atoms. The maximum absolute atomic E-state index is 12.3. The van der Waals surface area contributed by atoms with Crippen LogP contribution in [0, 0.1) is 0 Å². The molecule has 0 saturated heterocycles. The van der Waals surface area contributed by atoms with Gasteiger partial charge >= 0.3 is 0 Å². The average molecular weight is 351 g/mol. The summed E-state index contributed by atoms with van der Waals surface area (Å²) in [6, 6.07) is 12.8. The number of carbonyl (C=O) groups excluding carboxylic acids is 1. The van der Waals surface area contributed by atoms with Crippen LogP contribution in [0.15, 0.2) is 69.2 Å². The van der Waals surface area contributed by atoms with E-state index < -0.39 is 0 Å². The molecular weight excluding hydrogens is 338 g/mol. The molecule has 0 fully saturated rings. The third kappa shape index (κ3) is 3.36. The molecule has 0 radical (unpaired) electrons. The van der Waals surface area contributed by atoms with Crippen LogP contribution < -0.4 is 5.32 Å². The lowest BCUT2D eigenvalue weighted by Gasteiger charge is -2.04. The van der Waals surface area contributed by atoms with E-state index in [0.29, 0.717) is 18.1 Å². The Bertz CT molecular complexity index is 975. The van der Waals surface area contributed by atoms with Crippen molar-refractivity contribution in [2.75, 3.05) is 0 Å². The molecule has 0 aliphatic heterocycles. The van der Waals surface area contributed by atoms with Gasteiger partial charge in [-0.05, 0) is 41.3 Å². The van der Waals surface area contributed by atoms with Gasteiger partial charge in [0.2, 0.25) is 0 Å². The zero-order chi connectivity index (χ0) is 17.1. The second-order valence-corrected chi connectivity index (χ2v) is 6.21. The highest BCUT2D eigenvalue weighted by atomic mass is 32.1. The van der Waals surface area contributed by atoms with Crippen molar-refractivity contribution < 1.29 is 13.7 Å². The SMILES string of the molecule is O=C(NCc1ccnc(-c2ccco2)c1)c1cc(-c2cccs2)on1. The van der Waals surface area contributed by atoms with Gasteiger partial charge in [-0.1, -0.05) is 11.2 Å². The second kappa shape index (κ2) is 6.74. The number of rotatable bonds is 5. The highest BCUT2D eigenvalue weighted by molar-refractivity contribution is 7.13.